The van der Waals surface area contributed by atoms with E-state index in [9.17, 15) is 14.4 Å². The zero-order valence-corrected chi connectivity index (χ0v) is 26.8. The molecule has 0 aliphatic carbocycles. The van der Waals surface area contributed by atoms with Gasteiger partial charge >= 0.3 is 11.9 Å². The average molecular weight is 577 g/mol. The number of para-hydroxylation sites is 1. The molecule has 212 valence electrons. The van der Waals surface area contributed by atoms with Crippen molar-refractivity contribution in [3.05, 3.63) is 62.9 Å². The van der Waals surface area contributed by atoms with Crippen molar-refractivity contribution in [3.8, 4) is 11.4 Å². The number of rotatable bonds is 8. The first kappa shape index (κ1) is 28.5. The minimum atomic E-state index is -1.64. The van der Waals surface area contributed by atoms with Crippen LogP contribution in [0, 0.1) is 0 Å². The van der Waals surface area contributed by atoms with Gasteiger partial charge in [-0.1, -0.05) is 70.4 Å². The van der Waals surface area contributed by atoms with Gasteiger partial charge in [-0.3, -0.25) is 9.59 Å². The van der Waals surface area contributed by atoms with Crippen LogP contribution in [0.5, 0.6) is 0 Å². The zero-order valence-electron chi connectivity index (χ0n) is 24.8. The molecule has 1 atom stereocenters. The number of aromatic nitrogens is 2. The van der Waals surface area contributed by atoms with E-state index >= 15 is 0 Å². The van der Waals surface area contributed by atoms with Gasteiger partial charge in [-0.05, 0) is 36.6 Å². The smallest absolute Gasteiger partial charge is 0.355 e. The van der Waals surface area contributed by atoms with Crippen LogP contribution < -0.4 is 5.56 Å². The number of benzene rings is 1. The summed E-state index contributed by atoms with van der Waals surface area (Å²) in [6.45, 7) is 15.8. The number of ether oxygens (including phenoxy) is 2. The molecule has 7 nitrogen and oxygen atoms in total. The Hall–Kier alpha value is -3.05. The van der Waals surface area contributed by atoms with Crippen molar-refractivity contribution in [2.24, 2.45) is 0 Å². The Labute approximate surface area is 237 Å². The standard InChI is InChI=1S/C31H40N2O5Si2/c1-8-31(38-27(34)14-16-40(5,6)7)24-17-26-28-22(18-33(26)29(35)23(24)19-37-30(31)36)20(13-15-39(2,3)4)21-11-9-10-12-25(21)32-28/h9-12,17H,8,13-16,18-19H2,1-7H3/t31-/m0/s1. The number of fused-ring (bicyclic) bond motifs is 5. The number of pyridine rings is 2. The van der Waals surface area contributed by atoms with Gasteiger partial charge < -0.3 is 14.0 Å². The summed E-state index contributed by atoms with van der Waals surface area (Å²) in [5.41, 5.74) is 3.62. The summed E-state index contributed by atoms with van der Waals surface area (Å²) in [7, 11) is -2.82. The summed E-state index contributed by atoms with van der Waals surface area (Å²) in [5.74, 6) is -1.05. The second-order valence-electron chi connectivity index (χ2n) is 13.6. The molecule has 1 aromatic carbocycles. The molecule has 0 amide bonds. The highest BCUT2D eigenvalue weighted by molar-refractivity contribution is 6.76. The second kappa shape index (κ2) is 10.1. The predicted octanol–water partition coefficient (Wildman–Crippen LogP) is 6.24. The molecule has 0 saturated carbocycles. The third-order valence-corrected chi connectivity index (χ3v) is 11.7. The van der Waals surface area contributed by atoms with Gasteiger partial charge in [0.25, 0.3) is 5.56 Å². The Morgan fingerprint density at radius 3 is 2.42 bits per heavy atom. The molecule has 0 radical (unpaired) electrons. The van der Waals surface area contributed by atoms with Crippen LogP contribution in [0.4, 0.5) is 0 Å². The lowest BCUT2D eigenvalue weighted by Gasteiger charge is -2.35. The van der Waals surface area contributed by atoms with Gasteiger partial charge in [-0.2, -0.15) is 0 Å². The van der Waals surface area contributed by atoms with E-state index in [0.29, 0.717) is 23.4 Å². The molecule has 3 aromatic rings. The fraction of sp³-hybridized carbons (Fsp3) is 0.484. The Balaban J connectivity index is 1.65. The quantitative estimate of drug-likeness (QED) is 0.182. The molecule has 4 heterocycles. The van der Waals surface area contributed by atoms with E-state index in [-0.39, 0.29) is 25.0 Å². The SMILES string of the molecule is CC[C@@]1(OC(=O)CC[Si](C)(C)C)C(=O)OCc2c1cc1n(c2=O)Cc2c-1nc1ccccc1c2CC[Si](C)(C)C. The van der Waals surface area contributed by atoms with Crippen LogP contribution >= 0.6 is 0 Å². The van der Waals surface area contributed by atoms with E-state index < -0.39 is 33.7 Å². The normalized spacial score (nSPS) is 18.2. The van der Waals surface area contributed by atoms with Gasteiger partial charge in [0, 0.05) is 39.1 Å². The maximum atomic E-state index is 14.0. The van der Waals surface area contributed by atoms with Crippen LogP contribution in [0.2, 0.25) is 51.4 Å². The third-order valence-electron chi connectivity index (χ3n) is 8.17. The first-order chi connectivity index (χ1) is 18.7. The summed E-state index contributed by atoms with van der Waals surface area (Å²) in [6.07, 6.45) is 1.35. The largest absolute Gasteiger partial charge is 0.457 e. The number of aryl methyl sites for hydroxylation is 1. The third kappa shape index (κ3) is 5.09. The Morgan fingerprint density at radius 2 is 1.75 bits per heavy atom. The highest BCUT2D eigenvalue weighted by Crippen LogP contribution is 2.42. The van der Waals surface area contributed by atoms with E-state index in [1.54, 1.807) is 11.5 Å². The zero-order chi connectivity index (χ0) is 29.0. The number of cyclic esters (lactones) is 1. The maximum Gasteiger partial charge on any atom is 0.355 e. The Kier molecular flexibility index (Phi) is 7.19. The van der Waals surface area contributed by atoms with Gasteiger partial charge in [-0.25, -0.2) is 9.78 Å². The molecular weight excluding hydrogens is 537 g/mol. The molecule has 0 spiro atoms. The summed E-state index contributed by atoms with van der Waals surface area (Å²) < 4.78 is 13.2. The van der Waals surface area contributed by atoms with E-state index in [1.165, 1.54) is 5.56 Å². The molecule has 2 aliphatic rings. The minimum Gasteiger partial charge on any atom is -0.457 e. The number of esters is 2. The molecule has 0 N–H and O–H groups in total. The number of hydrogen-bond donors (Lipinski definition) is 0. The lowest BCUT2D eigenvalue weighted by Crippen LogP contribution is -2.47. The van der Waals surface area contributed by atoms with Crippen molar-refractivity contribution in [1.29, 1.82) is 0 Å². The van der Waals surface area contributed by atoms with Crippen molar-refractivity contribution in [3.63, 3.8) is 0 Å². The van der Waals surface area contributed by atoms with Crippen molar-refractivity contribution >= 4 is 39.0 Å². The first-order valence-corrected chi connectivity index (χ1v) is 21.7. The van der Waals surface area contributed by atoms with Crippen molar-refractivity contribution in [2.75, 3.05) is 0 Å². The second-order valence-corrected chi connectivity index (χ2v) is 24.8. The lowest BCUT2D eigenvalue weighted by atomic mass is 9.85. The van der Waals surface area contributed by atoms with Crippen molar-refractivity contribution in [1.82, 2.24) is 9.55 Å². The van der Waals surface area contributed by atoms with E-state index in [4.69, 9.17) is 14.5 Å². The van der Waals surface area contributed by atoms with Crippen LogP contribution in [0.1, 0.15) is 42.0 Å². The van der Waals surface area contributed by atoms with Crippen LogP contribution in [0.3, 0.4) is 0 Å². The highest BCUT2D eigenvalue weighted by Gasteiger charge is 2.50. The van der Waals surface area contributed by atoms with E-state index in [2.05, 4.69) is 45.3 Å². The van der Waals surface area contributed by atoms with Gasteiger partial charge in [0.05, 0.1) is 29.0 Å². The molecule has 0 saturated heterocycles. The van der Waals surface area contributed by atoms with Crippen molar-refractivity contribution < 1.29 is 19.1 Å². The average Bonchev–Trinajstić information content (AvgIpc) is 3.25. The number of hydrogen-bond acceptors (Lipinski definition) is 6. The first-order valence-electron chi connectivity index (χ1n) is 14.3. The van der Waals surface area contributed by atoms with Gasteiger partial charge in [0.2, 0.25) is 5.60 Å². The molecule has 2 aliphatic heterocycles. The maximum absolute atomic E-state index is 14.0. The molecule has 9 heteroatoms. The van der Waals surface area contributed by atoms with Crippen LogP contribution in [0.25, 0.3) is 22.3 Å². The molecule has 2 aromatic heterocycles. The summed E-state index contributed by atoms with van der Waals surface area (Å²) in [4.78, 5) is 45.3. The molecule has 0 bridgehead atoms. The van der Waals surface area contributed by atoms with Gasteiger partial charge in [-0.15, -0.1) is 0 Å². The highest BCUT2D eigenvalue weighted by atomic mass is 28.3. The number of carbonyl (C=O) groups excluding carboxylic acids is 2. The minimum absolute atomic E-state index is 0.129. The number of nitrogens with zero attached hydrogens (tertiary/aromatic N) is 2. The Bertz CT molecular complexity index is 1580. The summed E-state index contributed by atoms with van der Waals surface area (Å²) in [6, 6.07) is 11.9. The van der Waals surface area contributed by atoms with Gasteiger partial charge in [0.1, 0.15) is 6.61 Å². The summed E-state index contributed by atoms with van der Waals surface area (Å²) >= 11 is 0. The monoisotopic (exact) mass is 576 g/mol. The molecule has 5 rings (SSSR count). The molecule has 0 unspecified atom stereocenters. The van der Waals surface area contributed by atoms with Crippen LogP contribution in [0.15, 0.2) is 35.1 Å². The lowest BCUT2D eigenvalue weighted by molar-refractivity contribution is -0.189. The molecular formula is C31H40N2O5Si2. The fourth-order valence-electron chi connectivity index (χ4n) is 5.78. The predicted molar refractivity (Wildman–Crippen MR) is 163 cm³/mol. The van der Waals surface area contributed by atoms with Crippen LogP contribution in [-0.4, -0.2) is 37.6 Å². The van der Waals surface area contributed by atoms with E-state index in [0.717, 1.165) is 40.7 Å². The van der Waals surface area contributed by atoms with Gasteiger partial charge in [0.15, 0.2) is 0 Å². The van der Waals surface area contributed by atoms with Crippen molar-refractivity contribution in [2.45, 2.75) is 96.3 Å². The Morgan fingerprint density at radius 1 is 1.05 bits per heavy atom. The molecule has 0 fully saturated rings. The van der Waals surface area contributed by atoms with Crippen LogP contribution in [-0.2, 0) is 44.2 Å². The summed E-state index contributed by atoms with van der Waals surface area (Å²) in [5, 5.41) is 1.13. The molecule has 40 heavy (non-hydrogen) atoms. The number of carbonyl (C=O) groups is 2. The fourth-order valence-corrected chi connectivity index (χ4v) is 7.73. The van der Waals surface area contributed by atoms with E-state index in [1.807, 2.05) is 24.3 Å². The topological polar surface area (TPSA) is 87.5 Å².